The Bertz CT molecular complexity index is 661. The number of carbonyl (C=O) groups excluding carboxylic acids is 1. The van der Waals surface area contributed by atoms with E-state index in [-0.39, 0.29) is 11.7 Å². The molecule has 0 saturated heterocycles. The summed E-state index contributed by atoms with van der Waals surface area (Å²) in [6, 6.07) is 9.23. The Morgan fingerprint density at radius 3 is 2.95 bits per heavy atom. The van der Waals surface area contributed by atoms with Gasteiger partial charge in [-0.2, -0.15) is 0 Å². The summed E-state index contributed by atoms with van der Waals surface area (Å²) in [5.74, 6) is 0.333. The van der Waals surface area contributed by atoms with Gasteiger partial charge in [0.2, 0.25) is 0 Å². The van der Waals surface area contributed by atoms with E-state index in [0.29, 0.717) is 6.54 Å². The predicted octanol–water partition coefficient (Wildman–Crippen LogP) is 2.80. The third kappa shape index (κ3) is 2.66. The lowest BCUT2D eigenvalue weighted by Crippen LogP contribution is -2.36. The SMILES string of the molecule is CCCn1cccc1C(=O)N1CCc2ccc(O)cc2C1. The van der Waals surface area contributed by atoms with Crippen molar-refractivity contribution < 1.29 is 9.90 Å². The van der Waals surface area contributed by atoms with Gasteiger partial charge in [0.15, 0.2) is 0 Å². The fourth-order valence-corrected chi connectivity index (χ4v) is 2.92. The van der Waals surface area contributed by atoms with Crippen LogP contribution in [0.2, 0.25) is 0 Å². The first-order chi connectivity index (χ1) is 10.2. The maximum atomic E-state index is 12.7. The second-order valence-electron chi connectivity index (χ2n) is 5.52. The molecule has 1 aliphatic rings. The third-order valence-corrected chi connectivity index (χ3v) is 4.00. The average Bonchev–Trinajstić information content (AvgIpc) is 2.94. The Balaban J connectivity index is 1.82. The summed E-state index contributed by atoms with van der Waals surface area (Å²) in [4.78, 5) is 14.6. The van der Waals surface area contributed by atoms with Crippen molar-refractivity contribution in [2.45, 2.75) is 32.9 Å². The molecule has 2 aromatic rings. The molecule has 0 aliphatic carbocycles. The van der Waals surface area contributed by atoms with Crippen molar-refractivity contribution in [2.24, 2.45) is 0 Å². The number of aromatic hydroxyl groups is 1. The van der Waals surface area contributed by atoms with E-state index >= 15 is 0 Å². The number of fused-ring (bicyclic) bond motifs is 1. The number of nitrogens with zero attached hydrogens (tertiary/aromatic N) is 2. The van der Waals surface area contributed by atoms with Crippen molar-refractivity contribution in [1.82, 2.24) is 9.47 Å². The molecular weight excluding hydrogens is 264 g/mol. The Kier molecular flexibility index (Phi) is 3.69. The number of phenols is 1. The third-order valence-electron chi connectivity index (χ3n) is 4.00. The van der Waals surface area contributed by atoms with Crippen molar-refractivity contribution >= 4 is 5.91 Å². The molecule has 1 aliphatic heterocycles. The second kappa shape index (κ2) is 5.64. The van der Waals surface area contributed by atoms with E-state index in [1.54, 1.807) is 12.1 Å². The zero-order valence-electron chi connectivity index (χ0n) is 12.2. The van der Waals surface area contributed by atoms with Crippen molar-refractivity contribution in [3.63, 3.8) is 0 Å². The van der Waals surface area contributed by atoms with Crippen LogP contribution in [0.4, 0.5) is 0 Å². The maximum Gasteiger partial charge on any atom is 0.270 e. The fourth-order valence-electron chi connectivity index (χ4n) is 2.92. The summed E-state index contributed by atoms with van der Waals surface area (Å²) in [6.07, 6.45) is 3.81. The van der Waals surface area contributed by atoms with Crippen LogP contribution >= 0.6 is 0 Å². The van der Waals surface area contributed by atoms with Crippen LogP contribution in [-0.4, -0.2) is 27.0 Å². The summed E-state index contributed by atoms with van der Waals surface area (Å²) in [5, 5.41) is 9.60. The number of phenolic OH excluding ortho intramolecular Hbond substituents is 1. The van der Waals surface area contributed by atoms with Gasteiger partial charge in [-0.3, -0.25) is 4.79 Å². The highest BCUT2D eigenvalue weighted by Crippen LogP contribution is 2.24. The van der Waals surface area contributed by atoms with Gasteiger partial charge in [0.1, 0.15) is 11.4 Å². The lowest BCUT2D eigenvalue weighted by molar-refractivity contribution is 0.0723. The van der Waals surface area contributed by atoms with Crippen LogP contribution in [-0.2, 0) is 19.5 Å². The number of aromatic nitrogens is 1. The quantitative estimate of drug-likeness (QED) is 0.942. The van der Waals surface area contributed by atoms with Gasteiger partial charge in [-0.1, -0.05) is 13.0 Å². The number of rotatable bonds is 3. The molecule has 0 saturated carbocycles. The average molecular weight is 284 g/mol. The molecule has 1 aromatic carbocycles. The molecule has 3 rings (SSSR count). The van der Waals surface area contributed by atoms with Crippen LogP contribution in [0, 0.1) is 0 Å². The zero-order valence-corrected chi connectivity index (χ0v) is 12.2. The molecule has 1 amide bonds. The molecule has 0 radical (unpaired) electrons. The fraction of sp³-hybridized carbons (Fsp3) is 0.353. The van der Waals surface area contributed by atoms with Crippen molar-refractivity contribution in [3.8, 4) is 5.75 Å². The highest BCUT2D eigenvalue weighted by Gasteiger charge is 2.23. The molecule has 0 bridgehead atoms. The van der Waals surface area contributed by atoms with Gasteiger partial charge in [-0.05, 0) is 48.2 Å². The van der Waals surface area contributed by atoms with Crippen LogP contribution in [0.5, 0.6) is 5.75 Å². The van der Waals surface area contributed by atoms with E-state index in [0.717, 1.165) is 37.2 Å². The van der Waals surface area contributed by atoms with Crippen LogP contribution in [0.3, 0.4) is 0 Å². The molecule has 1 aromatic heterocycles. The highest BCUT2D eigenvalue weighted by molar-refractivity contribution is 5.93. The molecule has 0 fully saturated rings. The zero-order chi connectivity index (χ0) is 14.8. The van der Waals surface area contributed by atoms with Crippen molar-refractivity contribution in [3.05, 3.63) is 53.3 Å². The van der Waals surface area contributed by atoms with E-state index in [1.807, 2.05) is 33.9 Å². The molecule has 1 N–H and O–H groups in total. The topological polar surface area (TPSA) is 45.5 Å². The standard InChI is InChI=1S/C17H20N2O2/c1-2-8-18-9-3-4-16(18)17(21)19-10-7-13-5-6-15(20)11-14(13)12-19/h3-6,9,11,20H,2,7-8,10,12H2,1H3. The van der Waals surface area contributed by atoms with Crippen LogP contribution in [0.1, 0.15) is 35.0 Å². The van der Waals surface area contributed by atoms with Crippen LogP contribution < -0.4 is 0 Å². The largest absolute Gasteiger partial charge is 0.508 e. The number of carbonyl (C=O) groups is 1. The minimum absolute atomic E-state index is 0.0717. The summed E-state index contributed by atoms with van der Waals surface area (Å²) in [6.45, 7) is 4.27. The summed E-state index contributed by atoms with van der Waals surface area (Å²) in [5.41, 5.74) is 3.02. The number of hydrogen-bond acceptors (Lipinski definition) is 2. The summed E-state index contributed by atoms with van der Waals surface area (Å²) < 4.78 is 2.01. The molecule has 0 atom stereocenters. The summed E-state index contributed by atoms with van der Waals surface area (Å²) >= 11 is 0. The van der Waals surface area contributed by atoms with Crippen molar-refractivity contribution in [1.29, 1.82) is 0 Å². The molecule has 4 nitrogen and oxygen atoms in total. The van der Waals surface area contributed by atoms with Gasteiger partial charge in [0.05, 0.1) is 0 Å². The molecule has 110 valence electrons. The number of aryl methyl sites for hydroxylation is 1. The van der Waals surface area contributed by atoms with Crippen LogP contribution in [0.25, 0.3) is 0 Å². The van der Waals surface area contributed by atoms with Gasteiger partial charge in [0, 0.05) is 25.8 Å². The van der Waals surface area contributed by atoms with E-state index in [9.17, 15) is 9.90 Å². The van der Waals surface area contributed by atoms with E-state index in [2.05, 4.69) is 6.92 Å². The minimum atomic E-state index is 0.0717. The summed E-state index contributed by atoms with van der Waals surface area (Å²) in [7, 11) is 0. The van der Waals surface area contributed by atoms with Crippen molar-refractivity contribution in [2.75, 3.05) is 6.54 Å². The van der Waals surface area contributed by atoms with Crippen LogP contribution in [0.15, 0.2) is 36.5 Å². The van der Waals surface area contributed by atoms with Gasteiger partial charge >= 0.3 is 0 Å². The van der Waals surface area contributed by atoms with Gasteiger partial charge in [-0.15, -0.1) is 0 Å². The Labute approximate surface area is 124 Å². The highest BCUT2D eigenvalue weighted by atomic mass is 16.3. The Hall–Kier alpha value is -2.23. The van der Waals surface area contributed by atoms with E-state index in [4.69, 9.17) is 0 Å². The number of benzene rings is 1. The number of hydrogen-bond donors (Lipinski definition) is 1. The first-order valence-corrected chi connectivity index (χ1v) is 7.44. The molecule has 2 heterocycles. The second-order valence-corrected chi connectivity index (χ2v) is 5.52. The smallest absolute Gasteiger partial charge is 0.270 e. The monoisotopic (exact) mass is 284 g/mol. The van der Waals surface area contributed by atoms with E-state index < -0.39 is 0 Å². The lowest BCUT2D eigenvalue weighted by Gasteiger charge is -2.29. The molecular formula is C17H20N2O2. The van der Waals surface area contributed by atoms with E-state index in [1.165, 1.54) is 5.56 Å². The maximum absolute atomic E-state index is 12.7. The lowest BCUT2D eigenvalue weighted by atomic mass is 9.99. The Morgan fingerprint density at radius 2 is 2.14 bits per heavy atom. The normalized spacial score (nSPS) is 14.0. The first-order valence-electron chi connectivity index (χ1n) is 7.44. The molecule has 21 heavy (non-hydrogen) atoms. The first kappa shape index (κ1) is 13.7. The molecule has 4 heteroatoms. The number of amides is 1. The van der Waals surface area contributed by atoms with Gasteiger partial charge in [0.25, 0.3) is 5.91 Å². The van der Waals surface area contributed by atoms with Gasteiger partial charge in [-0.25, -0.2) is 0 Å². The van der Waals surface area contributed by atoms with Gasteiger partial charge < -0.3 is 14.6 Å². The minimum Gasteiger partial charge on any atom is -0.508 e. The Morgan fingerprint density at radius 1 is 1.29 bits per heavy atom. The predicted molar refractivity (Wildman–Crippen MR) is 81.3 cm³/mol. The molecule has 0 spiro atoms. The molecule has 0 unspecified atom stereocenters.